The van der Waals surface area contributed by atoms with Crippen LogP contribution in [0.2, 0.25) is 0 Å². The minimum Gasteiger partial charge on any atom is -0.380 e. The smallest absolute Gasteiger partial charge is 0.254 e. The van der Waals surface area contributed by atoms with Crippen molar-refractivity contribution in [1.82, 2.24) is 5.01 Å². The monoisotopic (exact) mass is 244 g/mol. The quantitative estimate of drug-likeness (QED) is 0.795. The molecule has 1 amide bonds. The van der Waals surface area contributed by atoms with Gasteiger partial charge < -0.3 is 4.74 Å². The van der Waals surface area contributed by atoms with E-state index in [1.807, 2.05) is 12.1 Å². The Kier molecular flexibility index (Phi) is 2.88. The van der Waals surface area contributed by atoms with E-state index in [4.69, 9.17) is 4.74 Å². The molecule has 1 atom stereocenters. The van der Waals surface area contributed by atoms with Gasteiger partial charge in [-0.05, 0) is 12.5 Å². The predicted octanol–water partition coefficient (Wildman–Crippen LogP) is 1.73. The van der Waals surface area contributed by atoms with E-state index in [-0.39, 0.29) is 11.8 Å². The van der Waals surface area contributed by atoms with E-state index >= 15 is 0 Å². The summed E-state index contributed by atoms with van der Waals surface area (Å²) < 4.78 is 5.34. The normalized spacial score (nSPS) is 22.9. The number of nitrogens with zero attached hydrogens (tertiary/aromatic N) is 2. The molecule has 0 saturated carbocycles. The summed E-state index contributed by atoms with van der Waals surface area (Å²) >= 11 is 0. The number of ether oxygens (including phenoxy) is 1. The van der Waals surface area contributed by atoms with Crippen molar-refractivity contribution >= 4 is 11.6 Å². The maximum Gasteiger partial charge on any atom is 0.254 e. The largest absolute Gasteiger partial charge is 0.380 e. The molecule has 4 heteroatoms. The van der Waals surface area contributed by atoms with Crippen molar-refractivity contribution in [2.75, 3.05) is 13.2 Å². The molecule has 1 aromatic carbocycles. The van der Waals surface area contributed by atoms with Crippen LogP contribution in [0.3, 0.4) is 0 Å². The van der Waals surface area contributed by atoms with Gasteiger partial charge in [0.2, 0.25) is 0 Å². The summed E-state index contributed by atoms with van der Waals surface area (Å²) in [5.74, 6) is -0.0607. The van der Waals surface area contributed by atoms with Crippen molar-refractivity contribution in [2.45, 2.75) is 19.9 Å². The second-order valence-corrected chi connectivity index (χ2v) is 4.85. The van der Waals surface area contributed by atoms with Gasteiger partial charge in [-0.3, -0.25) is 4.79 Å². The van der Waals surface area contributed by atoms with Crippen LogP contribution in [-0.2, 0) is 16.1 Å². The average molecular weight is 244 g/mol. The maximum absolute atomic E-state index is 12.1. The molecule has 0 N–H and O–H groups in total. The van der Waals surface area contributed by atoms with Crippen molar-refractivity contribution in [3.05, 3.63) is 35.4 Å². The van der Waals surface area contributed by atoms with E-state index in [9.17, 15) is 4.79 Å². The number of aryl methyl sites for hydroxylation is 1. The number of benzene rings is 1. The van der Waals surface area contributed by atoms with Crippen LogP contribution < -0.4 is 0 Å². The van der Waals surface area contributed by atoms with Crippen molar-refractivity contribution in [2.24, 2.45) is 11.0 Å². The Morgan fingerprint density at radius 1 is 1.39 bits per heavy atom. The lowest BCUT2D eigenvalue weighted by Crippen LogP contribution is -2.33. The molecule has 0 aliphatic carbocycles. The predicted molar refractivity (Wildman–Crippen MR) is 68.1 cm³/mol. The van der Waals surface area contributed by atoms with E-state index in [0.29, 0.717) is 19.8 Å². The van der Waals surface area contributed by atoms with E-state index < -0.39 is 0 Å². The SMILES string of the molecule is Cc1ccc(CN2N=C3CCOCC3C2=O)cc1. The number of hydrogen-bond acceptors (Lipinski definition) is 3. The highest BCUT2D eigenvalue weighted by molar-refractivity contribution is 6.08. The van der Waals surface area contributed by atoms with Crippen molar-refractivity contribution < 1.29 is 9.53 Å². The molecular weight excluding hydrogens is 228 g/mol. The fraction of sp³-hybridized carbons (Fsp3) is 0.429. The second-order valence-electron chi connectivity index (χ2n) is 4.85. The molecule has 2 aliphatic rings. The number of rotatable bonds is 2. The van der Waals surface area contributed by atoms with Gasteiger partial charge >= 0.3 is 0 Å². The summed E-state index contributed by atoms with van der Waals surface area (Å²) in [4.78, 5) is 12.1. The molecule has 0 spiro atoms. The van der Waals surface area contributed by atoms with Gasteiger partial charge in [-0.15, -0.1) is 0 Å². The summed E-state index contributed by atoms with van der Waals surface area (Å²) in [5.41, 5.74) is 3.32. The lowest BCUT2D eigenvalue weighted by Gasteiger charge is -2.17. The third-order valence-electron chi connectivity index (χ3n) is 3.44. The minimum absolute atomic E-state index is 0.0743. The van der Waals surface area contributed by atoms with Gasteiger partial charge in [-0.25, -0.2) is 5.01 Å². The molecule has 1 fully saturated rings. The topological polar surface area (TPSA) is 41.9 Å². The highest BCUT2D eigenvalue weighted by Crippen LogP contribution is 2.23. The molecule has 1 aromatic rings. The molecule has 1 unspecified atom stereocenters. The Morgan fingerprint density at radius 3 is 2.89 bits per heavy atom. The van der Waals surface area contributed by atoms with Gasteiger partial charge in [0.15, 0.2) is 0 Å². The summed E-state index contributed by atoms with van der Waals surface area (Å²) in [5, 5.41) is 6.01. The van der Waals surface area contributed by atoms with Gasteiger partial charge in [0.05, 0.1) is 25.5 Å². The molecule has 4 nitrogen and oxygen atoms in total. The van der Waals surface area contributed by atoms with Gasteiger partial charge in [0.25, 0.3) is 5.91 Å². The Balaban J connectivity index is 1.75. The van der Waals surface area contributed by atoms with Crippen LogP contribution in [0.1, 0.15) is 17.5 Å². The Morgan fingerprint density at radius 2 is 2.17 bits per heavy atom. The molecule has 0 aromatic heterocycles. The highest BCUT2D eigenvalue weighted by atomic mass is 16.5. The third kappa shape index (κ3) is 2.04. The first-order valence-corrected chi connectivity index (χ1v) is 6.26. The van der Waals surface area contributed by atoms with Gasteiger partial charge in [0, 0.05) is 6.42 Å². The summed E-state index contributed by atoms with van der Waals surface area (Å²) in [6.07, 6.45) is 0.779. The maximum atomic E-state index is 12.1. The van der Waals surface area contributed by atoms with Crippen molar-refractivity contribution in [1.29, 1.82) is 0 Å². The fourth-order valence-corrected chi connectivity index (χ4v) is 2.35. The summed E-state index contributed by atoms with van der Waals surface area (Å²) in [7, 11) is 0. The number of amides is 1. The lowest BCUT2D eigenvalue weighted by atomic mass is 10.0. The van der Waals surface area contributed by atoms with Crippen molar-refractivity contribution in [3.63, 3.8) is 0 Å². The minimum atomic E-state index is -0.135. The zero-order valence-electron chi connectivity index (χ0n) is 10.4. The Bertz CT molecular complexity index is 493. The molecule has 1 saturated heterocycles. The molecular formula is C14H16N2O2. The van der Waals surface area contributed by atoms with E-state index in [0.717, 1.165) is 17.7 Å². The van der Waals surface area contributed by atoms with E-state index in [1.165, 1.54) is 5.56 Å². The van der Waals surface area contributed by atoms with Crippen LogP contribution in [0.15, 0.2) is 29.4 Å². The molecule has 0 bridgehead atoms. The molecule has 0 radical (unpaired) electrons. The van der Waals surface area contributed by atoms with Gasteiger partial charge in [-0.2, -0.15) is 5.10 Å². The summed E-state index contributed by atoms with van der Waals surface area (Å²) in [6.45, 7) is 3.78. The molecule has 18 heavy (non-hydrogen) atoms. The van der Waals surface area contributed by atoms with Gasteiger partial charge in [0.1, 0.15) is 5.92 Å². The van der Waals surface area contributed by atoms with Crippen LogP contribution in [0, 0.1) is 12.8 Å². The van der Waals surface area contributed by atoms with Crippen LogP contribution in [-0.4, -0.2) is 29.8 Å². The Hall–Kier alpha value is -1.68. The zero-order chi connectivity index (χ0) is 12.5. The molecule has 94 valence electrons. The molecule has 2 aliphatic heterocycles. The number of hydrogen-bond donors (Lipinski definition) is 0. The highest BCUT2D eigenvalue weighted by Gasteiger charge is 2.37. The molecule has 3 rings (SSSR count). The average Bonchev–Trinajstić information content (AvgIpc) is 2.70. The van der Waals surface area contributed by atoms with Crippen LogP contribution >= 0.6 is 0 Å². The zero-order valence-corrected chi connectivity index (χ0v) is 10.4. The second kappa shape index (κ2) is 4.53. The van der Waals surface area contributed by atoms with Gasteiger partial charge in [-0.1, -0.05) is 29.8 Å². The van der Waals surface area contributed by atoms with Crippen LogP contribution in [0.4, 0.5) is 0 Å². The Labute approximate surface area is 106 Å². The fourth-order valence-electron chi connectivity index (χ4n) is 2.35. The number of carbonyl (C=O) groups is 1. The lowest BCUT2D eigenvalue weighted by molar-refractivity contribution is -0.134. The van der Waals surface area contributed by atoms with Crippen molar-refractivity contribution in [3.8, 4) is 0 Å². The number of hydrazone groups is 1. The van der Waals surface area contributed by atoms with Crippen LogP contribution in [0.25, 0.3) is 0 Å². The van der Waals surface area contributed by atoms with Crippen LogP contribution in [0.5, 0.6) is 0 Å². The molecule has 2 heterocycles. The first-order chi connectivity index (χ1) is 8.74. The third-order valence-corrected chi connectivity index (χ3v) is 3.44. The van der Waals surface area contributed by atoms with E-state index in [1.54, 1.807) is 5.01 Å². The first kappa shape index (κ1) is 11.4. The summed E-state index contributed by atoms with van der Waals surface area (Å²) in [6, 6.07) is 8.20. The number of fused-ring (bicyclic) bond motifs is 1. The number of carbonyl (C=O) groups excluding carboxylic acids is 1. The van der Waals surface area contributed by atoms with E-state index in [2.05, 4.69) is 24.2 Å². The standard InChI is InChI=1S/C14H16N2O2/c1-10-2-4-11(5-3-10)8-16-14(17)12-9-18-7-6-13(12)15-16/h2-5,12H,6-9H2,1H3. The first-order valence-electron chi connectivity index (χ1n) is 6.26.